The highest BCUT2D eigenvalue weighted by atomic mass is 32.2. The second-order valence-corrected chi connectivity index (χ2v) is 11.7. The van der Waals surface area contributed by atoms with Gasteiger partial charge in [0, 0.05) is 38.5 Å². The van der Waals surface area contributed by atoms with E-state index in [2.05, 4.69) is 9.64 Å². The fraction of sp³-hybridized carbons (Fsp3) is 0.696. The van der Waals surface area contributed by atoms with Crippen molar-refractivity contribution in [2.24, 2.45) is 5.92 Å². The summed E-state index contributed by atoms with van der Waals surface area (Å²) >= 11 is 0. The minimum Gasteiger partial charge on any atom is -0.490 e. The van der Waals surface area contributed by atoms with Gasteiger partial charge in [-0.15, -0.1) is 0 Å². The van der Waals surface area contributed by atoms with Gasteiger partial charge in [-0.1, -0.05) is 0 Å². The van der Waals surface area contributed by atoms with Crippen molar-refractivity contribution in [2.45, 2.75) is 48.4 Å². The number of nitrogens with zero attached hydrogens (tertiary/aromatic N) is 2. The molecule has 202 valence electrons. The largest absolute Gasteiger partial charge is 0.490 e. The lowest BCUT2D eigenvalue weighted by Crippen LogP contribution is -2.64. The van der Waals surface area contributed by atoms with Gasteiger partial charge in [-0.3, -0.25) is 4.90 Å². The number of sulfone groups is 1. The maximum absolute atomic E-state index is 14.2. The third kappa shape index (κ3) is 5.88. The summed E-state index contributed by atoms with van der Waals surface area (Å²) in [5, 5.41) is 0. The third-order valence-corrected chi connectivity index (χ3v) is 8.29. The second kappa shape index (κ2) is 10.3. The minimum atomic E-state index is -4.67. The zero-order chi connectivity index (χ0) is 26.1. The van der Waals surface area contributed by atoms with Crippen LogP contribution in [0.5, 0.6) is 5.75 Å². The van der Waals surface area contributed by atoms with Crippen LogP contribution in [0.1, 0.15) is 25.7 Å². The van der Waals surface area contributed by atoms with Gasteiger partial charge in [-0.05, 0) is 49.8 Å². The van der Waals surface area contributed by atoms with Crippen molar-refractivity contribution in [3.63, 3.8) is 0 Å². The van der Waals surface area contributed by atoms with Crippen LogP contribution in [0.25, 0.3) is 0 Å². The van der Waals surface area contributed by atoms with Gasteiger partial charge in [0.2, 0.25) is 0 Å². The smallest absolute Gasteiger partial charge is 0.433 e. The van der Waals surface area contributed by atoms with Crippen molar-refractivity contribution in [1.29, 1.82) is 0 Å². The fourth-order valence-corrected chi connectivity index (χ4v) is 5.42. The molecule has 0 N–H and O–H groups in total. The Morgan fingerprint density at radius 2 is 1.75 bits per heavy atom. The predicted molar refractivity (Wildman–Crippen MR) is 120 cm³/mol. The van der Waals surface area contributed by atoms with Gasteiger partial charge in [-0.2, -0.15) is 13.2 Å². The van der Waals surface area contributed by atoms with E-state index in [4.69, 9.17) is 9.47 Å². The zero-order valence-corrected chi connectivity index (χ0v) is 20.7. The van der Waals surface area contributed by atoms with E-state index >= 15 is 0 Å². The summed E-state index contributed by atoms with van der Waals surface area (Å²) in [6.45, 7) is 0.662. The molecule has 4 rings (SSSR count). The van der Waals surface area contributed by atoms with Crippen molar-refractivity contribution in [1.82, 2.24) is 9.80 Å². The molecule has 36 heavy (non-hydrogen) atoms. The number of alkyl halides is 3. The van der Waals surface area contributed by atoms with E-state index in [0.717, 1.165) is 38.0 Å². The summed E-state index contributed by atoms with van der Waals surface area (Å²) in [7, 11) is -3.49. The Morgan fingerprint density at radius 1 is 1.11 bits per heavy atom. The molecule has 2 aliphatic heterocycles. The van der Waals surface area contributed by atoms with Crippen molar-refractivity contribution < 1.29 is 45.0 Å². The number of benzene rings is 1. The van der Waals surface area contributed by atoms with E-state index in [0.29, 0.717) is 38.8 Å². The van der Waals surface area contributed by atoms with E-state index in [9.17, 15) is 30.8 Å². The fourth-order valence-electron chi connectivity index (χ4n) is 4.78. The second-order valence-electron chi connectivity index (χ2n) is 9.73. The molecule has 13 heteroatoms. The maximum atomic E-state index is 14.2. The molecule has 0 spiro atoms. The SMILES string of the molecule is CS(=O)(=O)c1ccc(OCC2CCC(N3CCN(C(=O)OC4(C(F)(F)F)COC4)CC3)CC2)c(F)c1. The Morgan fingerprint density at radius 3 is 2.25 bits per heavy atom. The molecule has 2 saturated heterocycles. The van der Waals surface area contributed by atoms with Crippen LogP contribution in [0.4, 0.5) is 22.4 Å². The predicted octanol–water partition coefficient (Wildman–Crippen LogP) is 3.25. The number of carbonyl (C=O) groups is 1. The number of piperazine rings is 1. The summed E-state index contributed by atoms with van der Waals surface area (Å²) in [6, 6.07) is 3.91. The van der Waals surface area contributed by atoms with E-state index in [-0.39, 0.29) is 16.6 Å². The molecule has 3 fully saturated rings. The lowest BCUT2D eigenvalue weighted by atomic mass is 9.85. The van der Waals surface area contributed by atoms with Crippen LogP contribution in [0.3, 0.4) is 0 Å². The van der Waals surface area contributed by atoms with Gasteiger partial charge in [0.1, 0.15) is 0 Å². The van der Waals surface area contributed by atoms with Crippen LogP contribution < -0.4 is 4.74 Å². The summed E-state index contributed by atoms with van der Waals surface area (Å²) in [5.74, 6) is -0.461. The van der Waals surface area contributed by atoms with Crippen molar-refractivity contribution in [3.8, 4) is 5.75 Å². The number of carbonyl (C=O) groups excluding carboxylic acids is 1. The number of amides is 1. The Bertz CT molecular complexity index is 1050. The van der Waals surface area contributed by atoms with Crippen molar-refractivity contribution in [3.05, 3.63) is 24.0 Å². The Balaban J connectivity index is 1.19. The molecule has 1 amide bonds. The lowest BCUT2D eigenvalue weighted by molar-refractivity contribution is -0.333. The Hall–Kier alpha value is -2.12. The van der Waals surface area contributed by atoms with Crippen molar-refractivity contribution in [2.75, 3.05) is 52.3 Å². The van der Waals surface area contributed by atoms with Crippen LogP contribution in [0, 0.1) is 11.7 Å². The van der Waals surface area contributed by atoms with E-state index < -0.39 is 46.7 Å². The molecule has 0 atom stereocenters. The summed E-state index contributed by atoms with van der Waals surface area (Å²) in [4.78, 5) is 15.8. The van der Waals surface area contributed by atoms with Crippen LogP contribution in [-0.2, 0) is 19.3 Å². The van der Waals surface area contributed by atoms with Gasteiger partial charge in [0.05, 0.1) is 24.7 Å². The maximum Gasteiger partial charge on any atom is 0.433 e. The highest BCUT2D eigenvalue weighted by Gasteiger charge is 2.64. The van der Waals surface area contributed by atoms with Gasteiger partial charge in [0.25, 0.3) is 5.60 Å². The highest BCUT2D eigenvalue weighted by molar-refractivity contribution is 7.90. The Kier molecular flexibility index (Phi) is 7.73. The average Bonchev–Trinajstić information content (AvgIpc) is 2.79. The molecule has 0 bridgehead atoms. The molecule has 1 saturated carbocycles. The standard InChI is InChI=1S/C23H30F4N2O6S/c1-36(31,32)18-6-7-20(19(24)12-18)34-13-16-2-4-17(5-3-16)28-8-10-29(11-9-28)21(30)35-22(14-33-15-22)23(25,26)27/h6-7,12,16-17H,2-5,8-11,13-15H2,1H3. The van der Waals surface area contributed by atoms with Crippen molar-refractivity contribution >= 4 is 15.9 Å². The van der Waals surface area contributed by atoms with Gasteiger partial charge in [0.15, 0.2) is 21.4 Å². The first-order valence-electron chi connectivity index (χ1n) is 11.9. The zero-order valence-electron chi connectivity index (χ0n) is 19.9. The van der Waals surface area contributed by atoms with Crippen LogP contribution in [0.2, 0.25) is 0 Å². The number of halogens is 4. The number of rotatable bonds is 6. The number of hydrogen-bond donors (Lipinski definition) is 0. The molecule has 3 aliphatic rings. The summed E-state index contributed by atoms with van der Waals surface area (Å²) < 4.78 is 92.0. The van der Waals surface area contributed by atoms with Crippen LogP contribution in [0.15, 0.2) is 23.1 Å². The molecule has 1 aromatic rings. The Labute approximate surface area is 207 Å². The molecule has 0 aromatic heterocycles. The first-order valence-corrected chi connectivity index (χ1v) is 13.8. The molecule has 1 aromatic carbocycles. The molecule has 8 nitrogen and oxygen atoms in total. The third-order valence-electron chi connectivity index (χ3n) is 7.18. The number of hydrogen-bond acceptors (Lipinski definition) is 7. The van der Waals surface area contributed by atoms with E-state index in [1.165, 1.54) is 17.0 Å². The van der Waals surface area contributed by atoms with E-state index in [1.807, 2.05) is 0 Å². The van der Waals surface area contributed by atoms with Gasteiger partial charge < -0.3 is 19.1 Å². The minimum absolute atomic E-state index is 0.0216. The molecular formula is C23H30F4N2O6S. The lowest BCUT2D eigenvalue weighted by Gasteiger charge is -2.44. The normalized spacial score (nSPS) is 25.2. The summed E-state index contributed by atoms with van der Waals surface area (Å²) in [5.41, 5.74) is -2.54. The molecule has 0 unspecified atom stereocenters. The van der Waals surface area contributed by atoms with Gasteiger partial charge >= 0.3 is 12.3 Å². The first-order chi connectivity index (χ1) is 16.9. The van der Waals surface area contributed by atoms with Crippen LogP contribution in [-0.4, -0.2) is 94.4 Å². The van der Waals surface area contributed by atoms with Crippen LogP contribution >= 0.6 is 0 Å². The molecule has 1 aliphatic carbocycles. The first kappa shape index (κ1) is 26.9. The molecular weight excluding hydrogens is 508 g/mol. The average molecular weight is 539 g/mol. The monoisotopic (exact) mass is 538 g/mol. The summed E-state index contributed by atoms with van der Waals surface area (Å²) in [6.07, 6.45) is -1.11. The quantitative estimate of drug-likeness (QED) is 0.514. The molecule has 0 radical (unpaired) electrons. The van der Waals surface area contributed by atoms with E-state index in [1.54, 1.807) is 0 Å². The highest BCUT2D eigenvalue weighted by Crippen LogP contribution is 2.40. The molecule has 2 heterocycles. The van der Waals surface area contributed by atoms with Gasteiger partial charge in [-0.25, -0.2) is 17.6 Å². The number of ether oxygens (including phenoxy) is 3. The topological polar surface area (TPSA) is 85.4 Å².